The van der Waals surface area contributed by atoms with Crippen LogP contribution >= 0.6 is 0 Å². The summed E-state index contributed by atoms with van der Waals surface area (Å²) in [6, 6.07) is 0.464. The van der Waals surface area contributed by atoms with E-state index in [1.54, 1.807) is 0 Å². The van der Waals surface area contributed by atoms with E-state index in [9.17, 15) is 4.79 Å². The van der Waals surface area contributed by atoms with E-state index in [4.69, 9.17) is 5.73 Å². The molecule has 0 aromatic heterocycles. The van der Waals surface area contributed by atoms with Gasteiger partial charge in [0.05, 0.1) is 5.92 Å². The fraction of sp³-hybridized carbons (Fsp3) is 0.938. The van der Waals surface area contributed by atoms with Gasteiger partial charge in [0, 0.05) is 12.6 Å². The van der Waals surface area contributed by atoms with E-state index in [0.717, 1.165) is 36.5 Å². The second kappa shape index (κ2) is 5.43. The van der Waals surface area contributed by atoms with Crippen LogP contribution < -0.4 is 11.1 Å². The third-order valence-corrected chi connectivity index (χ3v) is 5.83. The van der Waals surface area contributed by atoms with Crippen LogP contribution in [0.1, 0.15) is 51.9 Å². The Morgan fingerprint density at radius 1 is 1.16 bits per heavy atom. The lowest BCUT2D eigenvalue weighted by Crippen LogP contribution is -2.57. The molecule has 4 rings (SSSR count). The topological polar surface area (TPSA) is 55.1 Å². The highest BCUT2D eigenvalue weighted by atomic mass is 16.2. The minimum Gasteiger partial charge on any atom is -0.353 e. The summed E-state index contributed by atoms with van der Waals surface area (Å²) in [5, 5.41) is 3.38. The third kappa shape index (κ3) is 2.54. The van der Waals surface area contributed by atoms with Crippen LogP contribution in [0.2, 0.25) is 0 Å². The molecule has 4 aliphatic carbocycles. The van der Waals surface area contributed by atoms with Gasteiger partial charge in [0.2, 0.25) is 5.91 Å². The lowest BCUT2D eigenvalue weighted by Gasteiger charge is -2.54. The van der Waals surface area contributed by atoms with Gasteiger partial charge in [-0.3, -0.25) is 4.79 Å². The van der Waals surface area contributed by atoms with Crippen LogP contribution in [-0.2, 0) is 4.79 Å². The van der Waals surface area contributed by atoms with Crippen LogP contribution in [-0.4, -0.2) is 18.5 Å². The van der Waals surface area contributed by atoms with E-state index in [1.165, 1.54) is 32.1 Å². The predicted octanol–water partition coefficient (Wildman–Crippen LogP) is 2.30. The molecule has 19 heavy (non-hydrogen) atoms. The first-order valence-electron chi connectivity index (χ1n) is 8.21. The summed E-state index contributed by atoms with van der Waals surface area (Å²) in [5.41, 5.74) is 5.75. The van der Waals surface area contributed by atoms with Crippen LogP contribution in [0.25, 0.3) is 0 Å². The molecule has 0 aromatic carbocycles. The van der Waals surface area contributed by atoms with Gasteiger partial charge in [-0.15, -0.1) is 0 Å². The SMILES string of the molecule is CCCC(CN)C(=O)NC1C2CC3CC(C2)CC1C3. The molecule has 3 heteroatoms. The minimum atomic E-state index is 0.0298. The standard InChI is InChI=1S/C16H28N2O/c1-2-3-12(9-17)16(19)18-15-13-5-10-4-11(7-13)8-14(15)6-10/h10-15H,2-9,17H2,1H3,(H,18,19). The first kappa shape index (κ1) is 13.4. The van der Waals surface area contributed by atoms with E-state index in [-0.39, 0.29) is 11.8 Å². The molecule has 4 saturated carbocycles. The highest BCUT2D eigenvalue weighted by Gasteiger charge is 2.48. The molecule has 0 radical (unpaired) electrons. The van der Waals surface area contributed by atoms with Crippen molar-refractivity contribution in [1.29, 1.82) is 0 Å². The van der Waals surface area contributed by atoms with Gasteiger partial charge in [-0.25, -0.2) is 0 Å². The Morgan fingerprint density at radius 2 is 1.74 bits per heavy atom. The van der Waals surface area contributed by atoms with Crippen molar-refractivity contribution in [2.75, 3.05) is 6.54 Å². The fourth-order valence-electron chi connectivity index (χ4n) is 5.15. The molecule has 1 amide bonds. The molecule has 0 aromatic rings. The van der Waals surface area contributed by atoms with Gasteiger partial charge in [-0.05, 0) is 62.2 Å². The lowest BCUT2D eigenvalue weighted by atomic mass is 9.54. The predicted molar refractivity (Wildman–Crippen MR) is 76.4 cm³/mol. The number of hydrogen-bond acceptors (Lipinski definition) is 2. The van der Waals surface area contributed by atoms with E-state index in [1.807, 2.05) is 0 Å². The zero-order valence-electron chi connectivity index (χ0n) is 12.1. The van der Waals surface area contributed by atoms with E-state index >= 15 is 0 Å². The quantitative estimate of drug-likeness (QED) is 0.800. The molecule has 4 bridgehead atoms. The summed E-state index contributed by atoms with van der Waals surface area (Å²) in [4.78, 5) is 12.4. The highest BCUT2D eigenvalue weighted by molar-refractivity contribution is 5.79. The lowest BCUT2D eigenvalue weighted by molar-refractivity contribution is -0.128. The maximum Gasteiger partial charge on any atom is 0.224 e. The Kier molecular flexibility index (Phi) is 3.84. The summed E-state index contributed by atoms with van der Waals surface area (Å²) >= 11 is 0. The van der Waals surface area contributed by atoms with Gasteiger partial charge in [0.15, 0.2) is 0 Å². The molecule has 0 heterocycles. The van der Waals surface area contributed by atoms with Crippen molar-refractivity contribution >= 4 is 5.91 Å². The van der Waals surface area contributed by atoms with Crippen molar-refractivity contribution < 1.29 is 4.79 Å². The van der Waals surface area contributed by atoms with Crippen molar-refractivity contribution in [3.63, 3.8) is 0 Å². The molecule has 0 saturated heterocycles. The van der Waals surface area contributed by atoms with Gasteiger partial charge < -0.3 is 11.1 Å². The monoisotopic (exact) mass is 264 g/mol. The van der Waals surface area contributed by atoms with Gasteiger partial charge >= 0.3 is 0 Å². The van der Waals surface area contributed by atoms with E-state index in [2.05, 4.69) is 12.2 Å². The molecular weight excluding hydrogens is 236 g/mol. The molecular formula is C16H28N2O. The Hall–Kier alpha value is -0.570. The van der Waals surface area contributed by atoms with Gasteiger partial charge in [0.25, 0.3) is 0 Å². The van der Waals surface area contributed by atoms with Gasteiger partial charge in [0.1, 0.15) is 0 Å². The zero-order valence-corrected chi connectivity index (χ0v) is 12.1. The number of nitrogens with two attached hydrogens (primary N) is 1. The molecule has 1 atom stereocenters. The maximum atomic E-state index is 12.4. The smallest absolute Gasteiger partial charge is 0.224 e. The summed E-state index contributed by atoms with van der Waals surface area (Å²) < 4.78 is 0. The molecule has 0 spiro atoms. The van der Waals surface area contributed by atoms with E-state index in [0.29, 0.717) is 12.6 Å². The van der Waals surface area contributed by atoms with Crippen molar-refractivity contribution in [3.05, 3.63) is 0 Å². The second-order valence-corrected chi connectivity index (χ2v) is 7.19. The average molecular weight is 264 g/mol. The molecule has 3 nitrogen and oxygen atoms in total. The Balaban J connectivity index is 1.62. The van der Waals surface area contributed by atoms with Gasteiger partial charge in [-0.1, -0.05) is 13.3 Å². The average Bonchev–Trinajstić information content (AvgIpc) is 2.39. The maximum absolute atomic E-state index is 12.4. The highest BCUT2D eigenvalue weighted by Crippen LogP contribution is 2.53. The minimum absolute atomic E-state index is 0.0298. The molecule has 4 fully saturated rings. The third-order valence-electron chi connectivity index (χ3n) is 5.83. The van der Waals surface area contributed by atoms with Crippen LogP contribution in [0, 0.1) is 29.6 Å². The molecule has 108 valence electrons. The number of nitrogens with one attached hydrogen (secondary N) is 1. The van der Waals surface area contributed by atoms with E-state index < -0.39 is 0 Å². The van der Waals surface area contributed by atoms with Crippen LogP contribution in [0.15, 0.2) is 0 Å². The number of hydrogen-bond donors (Lipinski definition) is 2. The molecule has 0 aliphatic heterocycles. The normalized spacial score (nSPS) is 41.3. The first-order valence-corrected chi connectivity index (χ1v) is 8.21. The summed E-state index contributed by atoms with van der Waals surface area (Å²) in [5.74, 6) is 3.72. The van der Waals surface area contributed by atoms with Crippen molar-refractivity contribution in [1.82, 2.24) is 5.32 Å². The van der Waals surface area contributed by atoms with Crippen LogP contribution in [0.5, 0.6) is 0 Å². The Morgan fingerprint density at radius 3 is 2.21 bits per heavy atom. The number of carbonyl (C=O) groups is 1. The second-order valence-electron chi connectivity index (χ2n) is 7.19. The zero-order chi connectivity index (χ0) is 13.4. The number of carbonyl (C=O) groups excluding carboxylic acids is 1. The number of amides is 1. The summed E-state index contributed by atoms with van der Waals surface area (Å²) in [7, 11) is 0. The van der Waals surface area contributed by atoms with Crippen LogP contribution in [0.3, 0.4) is 0 Å². The summed E-state index contributed by atoms with van der Waals surface area (Å²) in [6.07, 6.45) is 8.87. The summed E-state index contributed by atoms with van der Waals surface area (Å²) in [6.45, 7) is 2.62. The molecule has 1 unspecified atom stereocenters. The molecule has 3 N–H and O–H groups in total. The Labute approximate surface area is 116 Å². The van der Waals surface area contributed by atoms with Crippen LogP contribution in [0.4, 0.5) is 0 Å². The fourth-order valence-corrected chi connectivity index (χ4v) is 5.15. The molecule has 4 aliphatic rings. The number of rotatable bonds is 5. The van der Waals surface area contributed by atoms with Crippen molar-refractivity contribution in [3.8, 4) is 0 Å². The van der Waals surface area contributed by atoms with Crippen molar-refractivity contribution in [2.24, 2.45) is 35.3 Å². The Bertz CT molecular complexity index is 314. The largest absolute Gasteiger partial charge is 0.353 e. The van der Waals surface area contributed by atoms with Crippen molar-refractivity contribution in [2.45, 2.75) is 57.9 Å². The van der Waals surface area contributed by atoms with Gasteiger partial charge in [-0.2, -0.15) is 0 Å². The first-order chi connectivity index (χ1) is 9.21.